The zero-order valence-corrected chi connectivity index (χ0v) is 12.9. The zero-order chi connectivity index (χ0) is 13.7. The van der Waals surface area contributed by atoms with Crippen molar-refractivity contribution in [2.45, 2.75) is 6.42 Å². The molecule has 1 aromatic heterocycles. The highest BCUT2D eigenvalue weighted by atomic mass is 79.9. The molecule has 1 amide bonds. The van der Waals surface area contributed by atoms with Crippen molar-refractivity contribution >= 4 is 46.0 Å². The van der Waals surface area contributed by atoms with E-state index in [1.165, 1.54) is 0 Å². The Balaban J connectivity index is 2.06. The molecule has 1 aliphatic rings. The fourth-order valence-electron chi connectivity index (χ4n) is 1.83. The number of anilines is 2. The van der Waals surface area contributed by atoms with Gasteiger partial charge in [0.2, 0.25) is 5.91 Å². The summed E-state index contributed by atoms with van der Waals surface area (Å²) in [7, 11) is 0. The van der Waals surface area contributed by atoms with Gasteiger partial charge < -0.3 is 15.0 Å². The number of hydrogen-bond acceptors (Lipinski definition) is 5. The van der Waals surface area contributed by atoms with Crippen LogP contribution in [0.3, 0.4) is 0 Å². The first-order valence-corrected chi connectivity index (χ1v) is 7.52. The molecule has 0 aliphatic carbocycles. The van der Waals surface area contributed by atoms with E-state index in [1.54, 1.807) is 6.20 Å². The minimum Gasteiger partial charge on any atom is -0.378 e. The lowest BCUT2D eigenvalue weighted by Crippen LogP contribution is -2.37. The van der Waals surface area contributed by atoms with Crippen LogP contribution in [-0.2, 0) is 9.53 Å². The van der Waals surface area contributed by atoms with Gasteiger partial charge in [0.15, 0.2) is 0 Å². The van der Waals surface area contributed by atoms with Gasteiger partial charge in [-0.25, -0.2) is 4.98 Å². The number of nitrogens with zero attached hydrogens (tertiary/aromatic N) is 2. The molecule has 1 saturated heterocycles. The van der Waals surface area contributed by atoms with Gasteiger partial charge in [0, 0.05) is 19.5 Å². The summed E-state index contributed by atoms with van der Waals surface area (Å²) in [6, 6.07) is 1.87. The van der Waals surface area contributed by atoms with Crippen molar-refractivity contribution in [3.05, 3.63) is 16.7 Å². The van der Waals surface area contributed by atoms with Gasteiger partial charge in [0.05, 0.1) is 29.6 Å². The highest BCUT2D eigenvalue weighted by molar-refractivity contribution is 9.10. The zero-order valence-electron chi connectivity index (χ0n) is 10.4. The van der Waals surface area contributed by atoms with Gasteiger partial charge in [-0.3, -0.25) is 4.79 Å². The summed E-state index contributed by atoms with van der Waals surface area (Å²) < 4.78 is 6.19. The summed E-state index contributed by atoms with van der Waals surface area (Å²) in [6.45, 7) is 3.09. The number of amides is 1. The molecule has 0 atom stereocenters. The third-order valence-electron chi connectivity index (χ3n) is 2.76. The number of morpholine rings is 1. The lowest BCUT2D eigenvalue weighted by Gasteiger charge is -2.28. The molecule has 0 bridgehead atoms. The summed E-state index contributed by atoms with van der Waals surface area (Å²) in [4.78, 5) is 18.0. The Morgan fingerprint density at radius 1 is 1.53 bits per heavy atom. The Kier molecular flexibility index (Phi) is 5.47. The van der Waals surface area contributed by atoms with Gasteiger partial charge in [0.25, 0.3) is 0 Å². The number of thiol groups is 1. The van der Waals surface area contributed by atoms with Crippen LogP contribution in [0.25, 0.3) is 0 Å². The van der Waals surface area contributed by atoms with Gasteiger partial charge >= 0.3 is 0 Å². The molecule has 7 heteroatoms. The average Bonchev–Trinajstić information content (AvgIpc) is 2.40. The summed E-state index contributed by atoms with van der Waals surface area (Å²) in [5.41, 5.74) is 0.690. The van der Waals surface area contributed by atoms with Crippen LogP contribution < -0.4 is 10.2 Å². The number of aromatic nitrogens is 1. The van der Waals surface area contributed by atoms with Crippen LogP contribution in [0.4, 0.5) is 11.5 Å². The molecule has 104 valence electrons. The summed E-state index contributed by atoms with van der Waals surface area (Å²) in [6.07, 6.45) is 2.07. The minimum atomic E-state index is -0.0529. The number of carbonyl (C=O) groups is 1. The van der Waals surface area contributed by atoms with E-state index in [0.717, 1.165) is 23.4 Å². The van der Waals surface area contributed by atoms with E-state index in [9.17, 15) is 4.79 Å². The average molecular weight is 346 g/mol. The number of rotatable bonds is 4. The Hall–Kier alpha value is -0.790. The Morgan fingerprint density at radius 3 is 2.89 bits per heavy atom. The highest BCUT2D eigenvalue weighted by Gasteiger charge is 2.15. The van der Waals surface area contributed by atoms with Crippen LogP contribution >= 0.6 is 28.6 Å². The van der Waals surface area contributed by atoms with Crippen LogP contribution in [0.5, 0.6) is 0 Å². The van der Waals surface area contributed by atoms with Crippen LogP contribution in [0.15, 0.2) is 16.7 Å². The fourth-order valence-corrected chi connectivity index (χ4v) is 2.63. The smallest absolute Gasteiger partial charge is 0.225 e. The van der Waals surface area contributed by atoms with Crippen molar-refractivity contribution in [1.29, 1.82) is 0 Å². The molecule has 2 rings (SSSR count). The van der Waals surface area contributed by atoms with Crippen LogP contribution in [0, 0.1) is 0 Å². The van der Waals surface area contributed by atoms with Crippen molar-refractivity contribution in [3.63, 3.8) is 0 Å². The van der Waals surface area contributed by atoms with Crippen molar-refractivity contribution in [1.82, 2.24) is 4.98 Å². The second kappa shape index (κ2) is 7.12. The number of ether oxygens (including phenoxy) is 1. The largest absolute Gasteiger partial charge is 0.378 e. The van der Waals surface area contributed by atoms with E-state index in [2.05, 4.69) is 43.8 Å². The highest BCUT2D eigenvalue weighted by Crippen LogP contribution is 2.27. The number of hydrogen-bond donors (Lipinski definition) is 2. The lowest BCUT2D eigenvalue weighted by atomic mass is 10.3. The van der Waals surface area contributed by atoms with Crippen molar-refractivity contribution in [3.8, 4) is 0 Å². The maximum Gasteiger partial charge on any atom is 0.225 e. The molecule has 1 fully saturated rings. The number of nitrogens with one attached hydrogen (secondary N) is 1. The van der Waals surface area contributed by atoms with Gasteiger partial charge in [0.1, 0.15) is 5.82 Å². The molecule has 5 nitrogen and oxygen atoms in total. The summed E-state index contributed by atoms with van der Waals surface area (Å²) in [5.74, 6) is 1.37. The first kappa shape index (κ1) is 14.6. The Morgan fingerprint density at radius 2 is 2.26 bits per heavy atom. The first-order chi connectivity index (χ1) is 9.20. The summed E-state index contributed by atoms with van der Waals surface area (Å²) in [5, 5.41) is 2.79. The lowest BCUT2D eigenvalue weighted by molar-refractivity contribution is -0.115. The number of pyridine rings is 1. The predicted molar refractivity (Wildman–Crippen MR) is 82.1 cm³/mol. The molecule has 0 unspecified atom stereocenters. The molecular weight excluding hydrogens is 330 g/mol. The molecule has 1 N–H and O–H groups in total. The maximum absolute atomic E-state index is 11.5. The third-order valence-corrected chi connectivity index (χ3v) is 3.56. The van der Waals surface area contributed by atoms with Crippen molar-refractivity contribution in [2.24, 2.45) is 0 Å². The normalized spacial score (nSPS) is 15.4. The predicted octanol–water partition coefficient (Wildman–Crippen LogP) is 1.94. The van der Waals surface area contributed by atoms with Gasteiger partial charge in [-0.2, -0.15) is 12.6 Å². The maximum atomic E-state index is 11.5. The van der Waals surface area contributed by atoms with Gasteiger partial charge in [-0.1, -0.05) is 0 Å². The molecule has 0 radical (unpaired) electrons. The molecule has 19 heavy (non-hydrogen) atoms. The second-order valence-corrected chi connectivity index (χ2v) is 5.45. The van der Waals surface area contributed by atoms with Crippen molar-refractivity contribution < 1.29 is 9.53 Å². The Bertz CT molecular complexity index is 453. The van der Waals surface area contributed by atoms with E-state index in [1.807, 2.05) is 6.07 Å². The Labute approximate surface area is 126 Å². The van der Waals surface area contributed by atoms with E-state index >= 15 is 0 Å². The van der Waals surface area contributed by atoms with Crippen molar-refractivity contribution in [2.75, 3.05) is 42.3 Å². The minimum absolute atomic E-state index is 0.0529. The standard InChI is InChI=1S/C12H16BrN3O2S/c13-10-7-9(15-11(17)1-6-19)8-14-12(10)16-2-4-18-5-3-16/h7-8,19H,1-6H2,(H,15,17). The molecule has 0 spiro atoms. The van der Waals surface area contributed by atoms with Crippen LogP contribution in [0.2, 0.25) is 0 Å². The monoisotopic (exact) mass is 345 g/mol. The van der Waals surface area contributed by atoms with Crippen LogP contribution in [-0.4, -0.2) is 42.9 Å². The number of halogens is 1. The SMILES string of the molecule is O=C(CCS)Nc1cnc(N2CCOCC2)c(Br)c1. The topological polar surface area (TPSA) is 54.5 Å². The molecule has 1 aromatic rings. The molecule has 1 aliphatic heterocycles. The molecule has 0 saturated carbocycles. The van der Waals surface area contributed by atoms with Crippen LogP contribution in [0.1, 0.15) is 6.42 Å². The van der Waals surface area contributed by atoms with E-state index in [4.69, 9.17) is 4.74 Å². The van der Waals surface area contributed by atoms with E-state index < -0.39 is 0 Å². The quantitative estimate of drug-likeness (QED) is 0.819. The number of carbonyl (C=O) groups excluding carboxylic acids is 1. The molecular formula is C12H16BrN3O2S. The molecule has 0 aromatic carbocycles. The van der Waals surface area contributed by atoms with E-state index in [0.29, 0.717) is 31.1 Å². The first-order valence-electron chi connectivity index (χ1n) is 6.09. The summed E-state index contributed by atoms with van der Waals surface area (Å²) >= 11 is 7.53. The van der Waals surface area contributed by atoms with Gasteiger partial charge in [-0.05, 0) is 27.7 Å². The van der Waals surface area contributed by atoms with Gasteiger partial charge in [-0.15, -0.1) is 0 Å². The fraction of sp³-hybridized carbons (Fsp3) is 0.500. The second-order valence-electron chi connectivity index (χ2n) is 4.15. The van der Waals surface area contributed by atoms with E-state index in [-0.39, 0.29) is 5.91 Å². The molecule has 2 heterocycles. The third kappa shape index (κ3) is 4.09.